The number of hydrogen-bond acceptors (Lipinski definition) is 5. The van der Waals surface area contributed by atoms with Gasteiger partial charge in [0.15, 0.2) is 0 Å². The molecule has 4 aliphatic rings. The third kappa shape index (κ3) is 3.50. The predicted molar refractivity (Wildman–Crippen MR) is 112 cm³/mol. The molecule has 6 nitrogen and oxygen atoms in total. The summed E-state index contributed by atoms with van der Waals surface area (Å²) in [6.07, 6.45) is 8.17. The first-order valence-electron chi connectivity index (χ1n) is 10.9. The number of pyridine rings is 1. The lowest BCUT2D eigenvalue weighted by atomic mass is 9.78. The first-order valence-corrected chi connectivity index (χ1v) is 11.7. The number of esters is 1. The molecule has 2 heterocycles. The van der Waals surface area contributed by atoms with Gasteiger partial charge < -0.3 is 15.4 Å². The van der Waals surface area contributed by atoms with Crippen molar-refractivity contribution in [2.24, 2.45) is 35.0 Å². The van der Waals surface area contributed by atoms with E-state index in [0.717, 1.165) is 56.2 Å². The van der Waals surface area contributed by atoms with Gasteiger partial charge in [0.2, 0.25) is 5.91 Å². The van der Waals surface area contributed by atoms with Gasteiger partial charge in [0.05, 0.1) is 30.3 Å². The van der Waals surface area contributed by atoms with Gasteiger partial charge in [-0.15, -0.1) is 0 Å². The van der Waals surface area contributed by atoms with Gasteiger partial charge >= 0.3 is 5.97 Å². The zero-order valence-electron chi connectivity index (χ0n) is 16.5. The maximum Gasteiger partial charge on any atom is 0.310 e. The molecular formula is C22H28BrN3O3. The number of ether oxygens (including phenoxy) is 1. The third-order valence-electron chi connectivity index (χ3n) is 7.84. The van der Waals surface area contributed by atoms with Crippen LogP contribution >= 0.6 is 15.9 Å². The summed E-state index contributed by atoms with van der Waals surface area (Å²) in [5.74, 6) is 0.309. The normalized spacial score (nSPS) is 32.3. The minimum atomic E-state index is -0.290. The van der Waals surface area contributed by atoms with Crippen LogP contribution in [0.15, 0.2) is 22.9 Å². The number of halogens is 1. The van der Waals surface area contributed by atoms with Gasteiger partial charge in [-0.1, -0.05) is 0 Å². The molecule has 0 aromatic carbocycles. The van der Waals surface area contributed by atoms with E-state index in [9.17, 15) is 9.59 Å². The Bertz CT molecular complexity index is 789. The van der Waals surface area contributed by atoms with E-state index >= 15 is 0 Å². The number of hydrogen-bond donors (Lipinski definition) is 2. The highest BCUT2D eigenvalue weighted by molar-refractivity contribution is 9.10. The molecule has 2 bridgehead atoms. The Hall–Kier alpha value is -1.47. The van der Waals surface area contributed by atoms with Crippen LogP contribution in [0.4, 0.5) is 5.69 Å². The number of anilines is 1. The van der Waals surface area contributed by atoms with Crippen molar-refractivity contribution in [2.45, 2.75) is 38.5 Å². The van der Waals surface area contributed by atoms with E-state index in [4.69, 9.17) is 4.74 Å². The Labute approximate surface area is 179 Å². The van der Waals surface area contributed by atoms with E-state index in [1.165, 1.54) is 0 Å². The Balaban J connectivity index is 1.31. The van der Waals surface area contributed by atoms with E-state index in [-0.39, 0.29) is 29.1 Å². The van der Waals surface area contributed by atoms with Crippen LogP contribution in [0.1, 0.15) is 38.5 Å². The van der Waals surface area contributed by atoms with Gasteiger partial charge in [-0.05, 0) is 103 Å². The molecule has 156 valence electrons. The van der Waals surface area contributed by atoms with Gasteiger partial charge in [-0.3, -0.25) is 9.59 Å². The number of nitrogens with one attached hydrogen (secondary N) is 2. The number of rotatable bonds is 5. The van der Waals surface area contributed by atoms with Crippen molar-refractivity contribution in [1.82, 2.24) is 10.3 Å². The second kappa shape index (κ2) is 7.65. The second-order valence-electron chi connectivity index (χ2n) is 9.26. The van der Waals surface area contributed by atoms with E-state index < -0.39 is 0 Å². The highest BCUT2D eigenvalue weighted by atomic mass is 79.9. The first kappa shape index (κ1) is 19.5. The lowest BCUT2D eigenvalue weighted by molar-refractivity contribution is -0.156. The first-order chi connectivity index (χ1) is 14.1. The van der Waals surface area contributed by atoms with Crippen LogP contribution in [0, 0.1) is 35.0 Å². The maximum atomic E-state index is 13.3. The monoisotopic (exact) mass is 461 g/mol. The average molecular weight is 462 g/mol. The highest BCUT2D eigenvalue weighted by Crippen LogP contribution is 2.74. The lowest BCUT2D eigenvalue weighted by Gasteiger charge is -2.29. The van der Waals surface area contributed by atoms with Gasteiger partial charge in [-0.2, -0.15) is 0 Å². The van der Waals surface area contributed by atoms with Crippen LogP contribution in [0.5, 0.6) is 0 Å². The number of amides is 1. The second-order valence-corrected chi connectivity index (χ2v) is 10.1. The molecule has 1 amide bonds. The molecule has 1 saturated heterocycles. The van der Waals surface area contributed by atoms with E-state index in [1.54, 1.807) is 6.20 Å². The van der Waals surface area contributed by atoms with Gasteiger partial charge in [0.25, 0.3) is 0 Å². The van der Waals surface area contributed by atoms with E-state index in [1.807, 2.05) is 12.1 Å². The summed E-state index contributed by atoms with van der Waals surface area (Å²) >= 11 is 3.32. The molecule has 1 spiro atoms. The van der Waals surface area contributed by atoms with Crippen molar-refractivity contribution in [3.63, 3.8) is 0 Å². The molecule has 3 saturated carbocycles. The van der Waals surface area contributed by atoms with Crippen LogP contribution in [-0.4, -0.2) is 36.6 Å². The van der Waals surface area contributed by atoms with Gasteiger partial charge in [0, 0.05) is 0 Å². The lowest BCUT2D eigenvalue weighted by Crippen LogP contribution is -2.39. The molecule has 2 N–H and O–H groups in total. The van der Waals surface area contributed by atoms with Crippen molar-refractivity contribution in [2.75, 3.05) is 25.0 Å². The molecule has 4 atom stereocenters. The molecule has 29 heavy (non-hydrogen) atoms. The standard InChI is InChI=1S/C22H28BrN3O3/c23-17-4-1-14(11-25-17)26-20(27)18-15-2-3-16(22(15)7-8-22)19(18)21(28)29-12-13-5-9-24-10-6-13/h1,4,11,13,15-16,18-19,24H,2-3,5-10,12H2,(H,26,27)/t15-,16+,18+,19+/m0/s1. The van der Waals surface area contributed by atoms with E-state index in [2.05, 4.69) is 31.5 Å². The molecule has 1 aromatic heterocycles. The number of carbonyl (C=O) groups is 2. The SMILES string of the molecule is O=C(OCC1CCNCC1)[C@H]1[C@H](C(=O)Nc2ccc(Br)nc2)[C@@H]2CC[C@H]1C21CC1. The summed E-state index contributed by atoms with van der Waals surface area (Å²) < 4.78 is 6.55. The number of nitrogens with zero attached hydrogens (tertiary/aromatic N) is 1. The largest absolute Gasteiger partial charge is 0.465 e. The van der Waals surface area contributed by atoms with Crippen LogP contribution in [0.25, 0.3) is 0 Å². The molecular weight excluding hydrogens is 434 g/mol. The molecule has 4 fully saturated rings. The van der Waals surface area contributed by atoms with Gasteiger partial charge in [0.1, 0.15) is 4.60 Å². The third-order valence-corrected chi connectivity index (χ3v) is 8.31. The molecule has 0 radical (unpaired) electrons. The fourth-order valence-electron chi connectivity index (χ4n) is 6.35. The molecule has 7 heteroatoms. The topological polar surface area (TPSA) is 80.3 Å². The van der Waals surface area contributed by atoms with Crippen LogP contribution < -0.4 is 10.6 Å². The molecule has 1 aliphatic heterocycles. The zero-order valence-corrected chi connectivity index (χ0v) is 18.1. The van der Waals surface area contributed by atoms with E-state index in [0.29, 0.717) is 30.0 Å². The maximum absolute atomic E-state index is 13.3. The van der Waals surface area contributed by atoms with Crippen molar-refractivity contribution in [1.29, 1.82) is 0 Å². The predicted octanol–water partition coefficient (Wildman–Crippen LogP) is 3.38. The van der Waals surface area contributed by atoms with Crippen molar-refractivity contribution >= 4 is 33.5 Å². The van der Waals surface area contributed by atoms with Crippen LogP contribution in [0.3, 0.4) is 0 Å². The summed E-state index contributed by atoms with van der Waals surface area (Å²) in [6, 6.07) is 3.64. The Morgan fingerprint density at radius 3 is 2.52 bits per heavy atom. The molecule has 3 aliphatic carbocycles. The summed E-state index contributed by atoms with van der Waals surface area (Å²) in [4.78, 5) is 30.6. The zero-order chi connectivity index (χ0) is 20.0. The summed E-state index contributed by atoms with van der Waals surface area (Å²) in [7, 11) is 0. The molecule has 0 unspecified atom stereocenters. The average Bonchev–Trinajstić information content (AvgIpc) is 3.41. The summed E-state index contributed by atoms with van der Waals surface area (Å²) in [6.45, 7) is 2.48. The van der Waals surface area contributed by atoms with Crippen molar-refractivity contribution in [3.05, 3.63) is 22.9 Å². The summed E-state index contributed by atoms with van der Waals surface area (Å²) in [5, 5.41) is 6.36. The minimum Gasteiger partial charge on any atom is -0.465 e. The molecule has 5 rings (SSSR count). The smallest absolute Gasteiger partial charge is 0.310 e. The van der Waals surface area contributed by atoms with Crippen molar-refractivity contribution < 1.29 is 14.3 Å². The van der Waals surface area contributed by atoms with Gasteiger partial charge in [-0.25, -0.2) is 4.98 Å². The highest BCUT2D eigenvalue weighted by Gasteiger charge is 2.72. The fraction of sp³-hybridized carbons (Fsp3) is 0.682. The minimum absolute atomic E-state index is 0.0450. The number of carbonyl (C=O) groups excluding carboxylic acids is 2. The fourth-order valence-corrected chi connectivity index (χ4v) is 6.58. The Morgan fingerprint density at radius 1 is 1.14 bits per heavy atom. The van der Waals surface area contributed by atoms with Crippen LogP contribution in [0.2, 0.25) is 0 Å². The van der Waals surface area contributed by atoms with Crippen LogP contribution in [-0.2, 0) is 14.3 Å². The number of piperidine rings is 1. The Morgan fingerprint density at radius 2 is 1.86 bits per heavy atom. The van der Waals surface area contributed by atoms with Crippen molar-refractivity contribution in [3.8, 4) is 0 Å². The quantitative estimate of drug-likeness (QED) is 0.518. The summed E-state index contributed by atoms with van der Waals surface area (Å²) in [5.41, 5.74) is 0.894. The molecule has 1 aromatic rings. The Kier molecular flexibility index (Phi) is 5.14. The number of aromatic nitrogens is 1.